The Hall–Kier alpha value is -4.40. The summed E-state index contributed by atoms with van der Waals surface area (Å²) < 4.78 is 75.2. The number of esters is 3. The van der Waals surface area contributed by atoms with Gasteiger partial charge in [0, 0.05) is 55.8 Å². The Bertz CT molecular complexity index is 2210. The van der Waals surface area contributed by atoms with Gasteiger partial charge < -0.3 is 48.4 Å². The first kappa shape index (κ1) is 50.5. The van der Waals surface area contributed by atoms with Gasteiger partial charge >= 0.3 is 29.9 Å². The number of rotatable bonds is 13. The number of aliphatic hydroxyl groups excluding tert-OH is 1. The van der Waals surface area contributed by atoms with E-state index in [0.29, 0.717) is 6.54 Å². The molecule has 4 fully saturated rings. The number of benzene rings is 1. The molecule has 368 valence electrons. The van der Waals surface area contributed by atoms with Crippen LogP contribution in [0.1, 0.15) is 96.8 Å². The molecular weight excluding hydrogens is 899 g/mol. The molecule has 0 radical (unpaired) electrons. The Morgan fingerprint density at radius 2 is 1.72 bits per heavy atom. The maximum Gasteiger partial charge on any atom is 0.408 e. The molecule has 19 heteroatoms. The number of Topliss-reactive ketones (excluding diaryl/α,β-unsaturated/α-hetero) is 1. The fourth-order valence-electron chi connectivity index (χ4n) is 10.6. The third-order valence-electron chi connectivity index (χ3n) is 14.3. The molecule has 2 saturated carbocycles. The lowest BCUT2D eigenvalue weighted by atomic mass is 9.44. The van der Waals surface area contributed by atoms with E-state index in [-0.39, 0.29) is 42.8 Å². The monoisotopic (exact) mass is 960 g/mol. The fourth-order valence-corrected chi connectivity index (χ4v) is 11.6. The molecule has 10 atom stereocenters. The zero-order valence-corrected chi connectivity index (χ0v) is 40.0. The zero-order chi connectivity index (χ0) is 48.9. The number of fused-ring (bicyclic) bond motifs is 5. The van der Waals surface area contributed by atoms with Gasteiger partial charge in [0.2, 0.25) is 0 Å². The lowest BCUT2D eigenvalue weighted by Crippen LogP contribution is -2.82. The van der Waals surface area contributed by atoms with Crippen molar-refractivity contribution >= 4 is 41.5 Å². The van der Waals surface area contributed by atoms with Gasteiger partial charge in [0.1, 0.15) is 41.4 Å². The van der Waals surface area contributed by atoms with Crippen LogP contribution in [0.4, 0.5) is 13.6 Å². The third-order valence-corrected chi connectivity index (χ3v) is 15.3. The smallest absolute Gasteiger partial charge is 0.408 e. The van der Waals surface area contributed by atoms with Crippen molar-refractivity contribution in [3.63, 3.8) is 0 Å². The molecule has 7 rings (SSSR count). The van der Waals surface area contributed by atoms with Gasteiger partial charge in [-0.15, -0.1) is 0 Å². The highest BCUT2D eigenvalue weighted by atomic mass is 32.2. The van der Waals surface area contributed by atoms with Gasteiger partial charge in [-0.1, -0.05) is 39.0 Å². The minimum absolute atomic E-state index is 0.0268. The highest BCUT2D eigenvalue weighted by Gasteiger charge is 2.78. The van der Waals surface area contributed by atoms with Crippen molar-refractivity contribution in [2.45, 2.75) is 134 Å². The third kappa shape index (κ3) is 9.15. The summed E-state index contributed by atoms with van der Waals surface area (Å²) in [7, 11) is 0. The first-order chi connectivity index (χ1) is 31.4. The normalized spacial score (nSPS) is 32.3. The molecule has 3 heterocycles. The summed E-state index contributed by atoms with van der Waals surface area (Å²) in [4.78, 5) is 73.1. The number of carbonyl (C=O) groups excluding carboxylic acids is 5. The van der Waals surface area contributed by atoms with Crippen LogP contribution in [0.3, 0.4) is 0 Å². The second-order valence-electron chi connectivity index (χ2n) is 19.8. The molecule has 16 nitrogen and oxygen atoms in total. The van der Waals surface area contributed by atoms with E-state index in [9.17, 15) is 29.4 Å². The van der Waals surface area contributed by atoms with Crippen molar-refractivity contribution in [3.05, 3.63) is 71.2 Å². The predicted octanol–water partition coefficient (Wildman–Crippen LogP) is 5.59. The summed E-state index contributed by atoms with van der Waals surface area (Å²) in [6, 6.07) is 7.77. The number of alkyl halides is 2. The molecule has 2 saturated heterocycles. The van der Waals surface area contributed by atoms with Gasteiger partial charge in [-0.2, -0.15) is 20.5 Å². The molecule has 0 spiro atoms. The highest BCUT2D eigenvalue weighted by Crippen LogP contribution is 2.64. The number of hydrogen-bond acceptors (Lipinski definition) is 16. The van der Waals surface area contributed by atoms with Gasteiger partial charge in [-0.05, 0) is 70.0 Å². The van der Waals surface area contributed by atoms with Crippen LogP contribution in [0.15, 0.2) is 64.3 Å². The molecule has 5 aliphatic rings. The van der Waals surface area contributed by atoms with Crippen molar-refractivity contribution in [2.24, 2.45) is 16.7 Å². The van der Waals surface area contributed by atoms with Gasteiger partial charge in [-0.3, -0.25) is 14.5 Å². The van der Waals surface area contributed by atoms with Crippen LogP contribution in [-0.4, -0.2) is 142 Å². The number of nitrogens with one attached hydrogen (secondary N) is 1. The molecule has 2 bridgehead atoms. The van der Waals surface area contributed by atoms with Gasteiger partial charge in [0.05, 0.1) is 42.5 Å². The number of alkyl carbamates (subject to hydrolysis) is 1. The Morgan fingerprint density at radius 3 is 2.31 bits per heavy atom. The van der Waals surface area contributed by atoms with Crippen molar-refractivity contribution in [3.8, 4) is 0 Å². The zero-order valence-electron chi connectivity index (χ0n) is 39.1. The van der Waals surface area contributed by atoms with Gasteiger partial charge in [0.25, 0.3) is 0 Å². The number of carbonyl (C=O) groups is 5. The first-order valence-electron chi connectivity index (χ1n) is 22.7. The van der Waals surface area contributed by atoms with E-state index in [4.69, 9.17) is 32.8 Å². The number of thioether (sulfide) groups is 1. The summed E-state index contributed by atoms with van der Waals surface area (Å²) in [5.74, 6) is -9.39. The number of nitrogens with zero attached hydrogens (tertiary/aromatic N) is 1. The molecule has 67 heavy (non-hydrogen) atoms. The van der Waals surface area contributed by atoms with Crippen LogP contribution < -0.4 is 5.32 Å². The van der Waals surface area contributed by atoms with E-state index in [1.54, 1.807) is 50.7 Å². The molecule has 1 aromatic heterocycles. The molecule has 3 N–H and O–H groups in total. The second-order valence-corrected chi connectivity index (χ2v) is 21.0. The van der Waals surface area contributed by atoms with E-state index in [0.717, 1.165) is 36.9 Å². The minimum atomic E-state index is -4.56. The second kappa shape index (κ2) is 18.8. The predicted molar refractivity (Wildman–Crippen MR) is 237 cm³/mol. The molecule has 3 aliphatic carbocycles. The number of amides is 1. The summed E-state index contributed by atoms with van der Waals surface area (Å²) in [5, 5.41) is 28.2. The van der Waals surface area contributed by atoms with Crippen LogP contribution in [0.2, 0.25) is 0 Å². The average Bonchev–Trinajstić information content (AvgIpc) is 3.81. The van der Waals surface area contributed by atoms with E-state index < -0.39 is 118 Å². The number of hydrogen-bond donors (Lipinski definition) is 3. The molecule has 0 unspecified atom stereocenters. The SMILES string of the molecule is CCC(=O)O[C@@]12CO[C@@H]1C[C@H](O)[C@@]1(C)C(=O)[C@H](OCCN3CCSCC3)C3=C(C)[C@@H](OC(=O)C(F)(F)[C@@H](NC(=O)OC(C)(C)C)c4ccco4)C[C@@](O)([C@@H](OC(=O)c4ccccc4)[C@H]21)C3(C)C. The van der Waals surface area contributed by atoms with Crippen molar-refractivity contribution in [1.82, 2.24) is 10.2 Å². The fraction of sp³-hybridized carbons (Fsp3) is 0.646. The van der Waals surface area contributed by atoms with Gasteiger partial charge in [-0.25, -0.2) is 14.4 Å². The molecule has 2 aliphatic heterocycles. The van der Waals surface area contributed by atoms with E-state index >= 15 is 13.6 Å². The number of ether oxygens (including phenoxy) is 6. The average molecular weight is 961 g/mol. The van der Waals surface area contributed by atoms with E-state index in [2.05, 4.69) is 4.90 Å². The number of aliphatic hydroxyl groups is 2. The van der Waals surface area contributed by atoms with Crippen LogP contribution in [0.25, 0.3) is 0 Å². The van der Waals surface area contributed by atoms with Gasteiger partial charge in [0.15, 0.2) is 17.4 Å². The summed E-state index contributed by atoms with van der Waals surface area (Å²) >= 11 is 1.81. The van der Waals surface area contributed by atoms with Crippen LogP contribution in [0.5, 0.6) is 0 Å². The maximum absolute atomic E-state index is 16.8. The lowest BCUT2D eigenvalue weighted by molar-refractivity contribution is -0.346. The van der Waals surface area contributed by atoms with Crippen LogP contribution >= 0.6 is 11.8 Å². The number of furan rings is 1. The minimum Gasteiger partial charge on any atom is -0.467 e. The Balaban J connectivity index is 1.40. The van der Waals surface area contributed by atoms with Crippen molar-refractivity contribution < 1.29 is 75.8 Å². The largest absolute Gasteiger partial charge is 0.467 e. The molecule has 2 aromatic rings. The lowest BCUT2D eigenvalue weighted by Gasteiger charge is -2.67. The van der Waals surface area contributed by atoms with E-state index in [1.807, 2.05) is 5.32 Å². The standard InChI is InChI=1S/C48H62F2N2O14S/c1-9-33(54)65-46-26-62-32(46)24-31(53)45(8)36(46)39(64-40(56)28-14-11-10-12-15-28)47(59)25-30(27(2)34(44(47,6)7)35(38(45)55)61-21-17-52-18-22-67-23-19-52)63-41(57)48(49,50)37(29-16-13-20-60-29)51-42(58)66-43(3,4)5/h10-16,20,30-32,35-37,39,53,59H,9,17-19,21-26H2,1-8H3,(H,51,58)/t30-,31-,32+,35+,36-,37-,39-,45+,46-,47+/m0/s1. The Morgan fingerprint density at radius 1 is 1.03 bits per heavy atom. The van der Waals surface area contributed by atoms with E-state index in [1.165, 1.54) is 52.8 Å². The van der Waals surface area contributed by atoms with Crippen LogP contribution in [-0.2, 0) is 42.8 Å². The number of ketones is 1. The maximum atomic E-state index is 16.8. The Labute approximate surface area is 392 Å². The van der Waals surface area contributed by atoms with Crippen molar-refractivity contribution in [1.29, 1.82) is 0 Å². The molecular formula is C48H62F2N2O14S. The number of halogens is 2. The van der Waals surface area contributed by atoms with Crippen molar-refractivity contribution in [2.75, 3.05) is 44.4 Å². The first-order valence-corrected chi connectivity index (χ1v) is 23.9. The highest BCUT2D eigenvalue weighted by molar-refractivity contribution is 7.99. The molecule has 1 aromatic carbocycles. The molecule has 1 amide bonds. The summed E-state index contributed by atoms with van der Waals surface area (Å²) in [6.07, 6.45) is -9.06. The summed E-state index contributed by atoms with van der Waals surface area (Å²) in [6.45, 7) is 13.8. The van der Waals surface area contributed by atoms with Crippen LogP contribution in [0, 0.1) is 16.7 Å². The quantitative estimate of drug-likeness (QED) is 0.127. The Kier molecular flexibility index (Phi) is 14.2. The topological polar surface area (TPSA) is 210 Å². The summed E-state index contributed by atoms with van der Waals surface area (Å²) in [5.41, 5.74) is -8.88.